The molecule has 144 valence electrons. The lowest BCUT2D eigenvalue weighted by atomic mass is 10.1. The third-order valence-corrected chi connectivity index (χ3v) is 6.49. The Labute approximate surface area is 158 Å². The lowest BCUT2D eigenvalue weighted by Gasteiger charge is -2.34. The Balaban J connectivity index is 1.61. The molecule has 27 heavy (non-hydrogen) atoms. The quantitative estimate of drug-likeness (QED) is 0.780. The number of halogens is 1. The third-order valence-electron chi connectivity index (χ3n) is 4.56. The zero-order chi connectivity index (χ0) is 19.4. The first-order valence-corrected chi connectivity index (χ1v) is 10.0. The molecule has 2 aromatic carbocycles. The van der Waals surface area contributed by atoms with Crippen LogP contribution in [0.5, 0.6) is 5.75 Å². The van der Waals surface area contributed by atoms with Gasteiger partial charge in [0.2, 0.25) is 15.9 Å². The van der Waals surface area contributed by atoms with E-state index >= 15 is 0 Å². The minimum absolute atomic E-state index is 0.0666. The molecule has 0 aromatic heterocycles. The molecule has 3 rings (SSSR count). The van der Waals surface area contributed by atoms with Gasteiger partial charge in [-0.1, -0.05) is 24.3 Å². The van der Waals surface area contributed by atoms with Gasteiger partial charge in [-0.05, 0) is 29.8 Å². The zero-order valence-electron chi connectivity index (χ0n) is 15.0. The molecule has 1 heterocycles. The molecule has 0 spiro atoms. The maximum atomic E-state index is 13.9. The fraction of sp³-hybridized carbons (Fsp3) is 0.316. The Bertz CT molecular complexity index is 908. The number of piperazine rings is 1. The van der Waals surface area contributed by atoms with Gasteiger partial charge in [0.15, 0.2) is 0 Å². The number of methoxy groups -OCH3 is 1. The molecule has 1 amide bonds. The topological polar surface area (TPSA) is 66.9 Å². The molecule has 0 unspecified atom stereocenters. The summed E-state index contributed by atoms with van der Waals surface area (Å²) in [5.41, 5.74) is 0.863. The van der Waals surface area contributed by atoms with E-state index in [0.29, 0.717) is 0 Å². The van der Waals surface area contributed by atoms with Crippen molar-refractivity contribution in [2.45, 2.75) is 11.3 Å². The lowest BCUT2D eigenvalue weighted by Crippen LogP contribution is -2.51. The van der Waals surface area contributed by atoms with E-state index in [1.165, 1.54) is 22.5 Å². The number of nitrogens with zero attached hydrogens (tertiary/aromatic N) is 2. The van der Waals surface area contributed by atoms with E-state index in [9.17, 15) is 17.6 Å². The summed E-state index contributed by atoms with van der Waals surface area (Å²) in [4.78, 5) is 13.8. The van der Waals surface area contributed by atoms with Gasteiger partial charge in [0.25, 0.3) is 0 Å². The van der Waals surface area contributed by atoms with Crippen molar-refractivity contribution in [2.24, 2.45) is 0 Å². The second-order valence-corrected chi connectivity index (χ2v) is 8.15. The summed E-state index contributed by atoms with van der Waals surface area (Å²) in [7, 11) is -2.32. The zero-order valence-corrected chi connectivity index (χ0v) is 15.8. The molecule has 8 heteroatoms. The minimum atomic E-state index is -3.90. The van der Waals surface area contributed by atoms with Gasteiger partial charge in [0.1, 0.15) is 16.5 Å². The summed E-state index contributed by atoms with van der Waals surface area (Å²) in [6.07, 6.45) is 0.240. The second kappa shape index (κ2) is 8.06. The van der Waals surface area contributed by atoms with Gasteiger partial charge in [-0.2, -0.15) is 4.31 Å². The highest BCUT2D eigenvalue weighted by molar-refractivity contribution is 7.89. The van der Waals surface area contributed by atoms with Crippen LogP contribution in [-0.2, 0) is 21.2 Å². The van der Waals surface area contributed by atoms with Gasteiger partial charge in [-0.3, -0.25) is 4.79 Å². The second-order valence-electron chi connectivity index (χ2n) is 6.24. The Morgan fingerprint density at radius 3 is 2.26 bits per heavy atom. The number of ether oxygens (including phenoxy) is 1. The van der Waals surface area contributed by atoms with E-state index < -0.39 is 15.8 Å². The van der Waals surface area contributed by atoms with Crippen LogP contribution in [0.4, 0.5) is 4.39 Å². The van der Waals surface area contributed by atoms with E-state index in [-0.39, 0.29) is 43.4 Å². The molecule has 0 N–H and O–H groups in total. The van der Waals surface area contributed by atoms with Crippen LogP contribution < -0.4 is 4.74 Å². The summed E-state index contributed by atoms with van der Waals surface area (Å²) in [5, 5.41) is 0. The number of carbonyl (C=O) groups excluding carboxylic acids is 1. The van der Waals surface area contributed by atoms with Crippen LogP contribution in [0.2, 0.25) is 0 Å². The summed E-state index contributed by atoms with van der Waals surface area (Å²) < 4.78 is 45.4. The molecule has 2 aromatic rings. The third kappa shape index (κ3) is 4.28. The molecule has 0 bridgehead atoms. The van der Waals surface area contributed by atoms with Gasteiger partial charge >= 0.3 is 0 Å². The summed E-state index contributed by atoms with van der Waals surface area (Å²) >= 11 is 0. The molecule has 0 aliphatic carbocycles. The molecular weight excluding hydrogens is 371 g/mol. The largest absolute Gasteiger partial charge is 0.497 e. The highest BCUT2D eigenvalue weighted by atomic mass is 32.2. The first-order valence-electron chi connectivity index (χ1n) is 8.57. The number of sulfonamides is 1. The van der Waals surface area contributed by atoms with Crippen LogP contribution >= 0.6 is 0 Å². The van der Waals surface area contributed by atoms with Crippen molar-refractivity contribution in [1.82, 2.24) is 9.21 Å². The molecule has 1 aliphatic heterocycles. The first kappa shape index (κ1) is 19.3. The van der Waals surface area contributed by atoms with Crippen molar-refractivity contribution in [3.63, 3.8) is 0 Å². The van der Waals surface area contributed by atoms with Gasteiger partial charge in [0.05, 0.1) is 13.5 Å². The maximum Gasteiger partial charge on any atom is 0.246 e. The Morgan fingerprint density at radius 2 is 1.67 bits per heavy atom. The Hall–Kier alpha value is -2.45. The number of benzene rings is 2. The monoisotopic (exact) mass is 392 g/mol. The van der Waals surface area contributed by atoms with Crippen molar-refractivity contribution < 1.29 is 22.3 Å². The molecule has 1 aliphatic rings. The molecule has 0 atom stereocenters. The van der Waals surface area contributed by atoms with Gasteiger partial charge in [0, 0.05) is 26.2 Å². The van der Waals surface area contributed by atoms with E-state index in [0.717, 1.165) is 17.4 Å². The van der Waals surface area contributed by atoms with Crippen LogP contribution in [0.1, 0.15) is 5.56 Å². The predicted octanol–water partition coefficient (Wildman–Crippen LogP) is 1.91. The summed E-state index contributed by atoms with van der Waals surface area (Å²) in [5.74, 6) is -0.114. The predicted molar refractivity (Wildman–Crippen MR) is 98.4 cm³/mol. The highest BCUT2D eigenvalue weighted by Crippen LogP contribution is 2.21. The van der Waals surface area contributed by atoms with E-state index in [1.54, 1.807) is 24.1 Å². The van der Waals surface area contributed by atoms with Crippen LogP contribution in [-0.4, -0.2) is 56.8 Å². The number of carbonyl (C=O) groups is 1. The minimum Gasteiger partial charge on any atom is -0.497 e. The number of hydrogen-bond acceptors (Lipinski definition) is 4. The van der Waals surface area contributed by atoms with Crippen molar-refractivity contribution in [3.8, 4) is 5.75 Å². The van der Waals surface area contributed by atoms with Crippen molar-refractivity contribution in [1.29, 1.82) is 0 Å². The Morgan fingerprint density at radius 1 is 1.04 bits per heavy atom. The smallest absolute Gasteiger partial charge is 0.246 e. The standard InChI is InChI=1S/C19H21FN2O4S/c1-26-16-8-6-15(7-9-16)14-19(23)21-10-12-22(13-11-21)27(24,25)18-5-3-2-4-17(18)20/h2-9H,10-14H2,1H3. The van der Waals surface area contributed by atoms with Gasteiger partial charge in [-0.25, -0.2) is 12.8 Å². The van der Waals surface area contributed by atoms with Gasteiger partial charge in [-0.15, -0.1) is 0 Å². The molecule has 6 nitrogen and oxygen atoms in total. The molecule has 0 saturated carbocycles. The fourth-order valence-corrected chi connectivity index (χ4v) is 4.49. The van der Waals surface area contributed by atoms with Crippen LogP contribution in [0, 0.1) is 5.82 Å². The molecule has 1 saturated heterocycles. The van der Waals surface area contributed by atoms with E-state index in [1.807, 2.05) is 12.1 Å². The van der Waals surface area contributed by atoms with Crippen LogP contribution in [0.3, 0.4) is 0 Å². The maximum absolute atomic E-state index is 13.9. The van der Waals surface area contributed by atoms with Crippen molar-refractivity contribution in [2.75, 3.05) is 33.3 Å². The molecule has 0 radical (unpaired) electrons. The summed E-state index contributed by atoms with van der Waals surface area (Å²) in [6.45, 7) is 0.849. The fourth-order valence-electron chi connectivity index (χ4n) is 3.00. The van der Waals surface area contributed by atoms with Gasteiger partial charge < -0.3 is 9.64 Å². The SMILES string of the molecule is COc1ccc(CC(=O)N2CCN(S(=O)(=O)c3ccccc3F)CC2)cc1. The average Bonchev–Trinajstić information content (AvgIpc) is 2.69. The molecular formula is C19H21FN2O4S. The lowest BCUT2D eigenvalue weighted by molar-refractivity contribution is -0.131. The van der Waals surface area contributed by atoms with Crippen LogP contribution in [0.15, 0.2) is 53.4 Å². The van der Waals surface area contributed by atoms with E-state index in [2.05, 4.69) is 0 Å². The van der Waals surface area contributed by atoms with Crippen LogP contribution in [0.25, 0.3) is 0 Å². The first-order chi connectivity index (χ1) is 12.9. The normalized spacial score (nSPS) is 15.6. The Kier molecular flexibility index (Phi) is 5.76. The van der Waals surface area contributed by atoms with E-state index in [4.69, 9.17) is 4.74 Å². The number of rotatable bonds is 5. The number of amides is 1. The van der Waals surface area contributed by atoms with Crippen molar-refractivity contribution >= 4 is 15.9 Å². The molecule has 1 fully saturated rings. The summed E-state index contributed by atoms with van der Waals surface area (Å²) in [6, 6.07) is 12.6. The average molecular weight is 392 g/mol. The highest BCUT2D eigenvalue weighted by Gasteiger charge is 2.31. The van der Waals surface area contributed by atoms with Crippen molar-refractivity contribution in [3.05, 3.63) is 59.9 Å². The number of hydrogen-bond donors (Lipinski definition) is 0.